The summed E-state index contributed by atoms with van der Waals surface area (Å²) in [5, 5.41) is 16.0. The highest BCUT2D eigenvalue weighted by molar-refractivity contribution is 7.98. The van der Waals surface area contributed by atoms with Crippen LogP contribution in [0.3, 0.4) is 0 Å². The first-order chi connectivity index (χ1) is 15.9. The average molecular weight is 497 g/mol. The van der Waals surface area contributed by atoms with E-state index < -0.39 is 11.7 Å². The first-order valence-corrected chi connectivity index (χ1v) is 12.9. The van der Waals surface area contributed by atoms with E-state index in [1.807, 2.05) is 5.38 Å². The topological polar surface area (TPSA) is 112 Å². The SMILES string of the molecule is CSc1nc(CNC(=O)[C@H](CC2CCCC2)CN(O)C=O)c(F)c(N(C)Cc2nccs2)n1. The second-order valence-electron chi connectivity index (χ2n) is 8.10. The number of hydrogen-bond donors (Lipinski definition) is 2. The van der Waals surface area contributed by atoms with Gasteiger partial charge in [0.25, 0.3) is 0 Å². The first-order valence-electron chi connectivity index (χ1n) is 10.8. The van der Waals surface area contributed by atoms with Crippen molar-refractivity contribution < 1.29 is 19.2 Å². The molecule has 2 aromatic rings. The summed E-state index contributed by atoms with van der Waals surface area (Å²) >= 11 is 2.76. The average Bonchev–Trinajstić information content (AvgIpc) is 3.52. The maximum absolute atomic E-state index is 15.3. The second kappa shape index (κ2) is 12.2. The number of nitrogens with one attached hydrogen (secondary N) is 1. The van der Waals surface area contributed by atoms with Crippen molar-refractivity contribution in [3.8, 4) is 0 Å². The molecule has 9 nitrogen and oxygen atoms in total. The highest BCUT2D eigenvalue weighted by atomic mass is 32.2. The van der Waals surface area contributed by atoms with E-state index in [0.717, 1.165) is 30.7 Å². The van der Waals surface area contributed by atoms with Gasteiger partial charge >= 0.3 is 0 Å². The number of nitrogens with zero attached hydrogens (tertiary/aromatic N) is 5. The van der Waals surface area contributed by atoms with Crippen molar-refractivity contribution in [2.24, 2.45) is 11.8 Å². The Morgan fingerprint density at radius 3 is 2.82 bits per heavy atom. The second-order valence-corrected chi connectivity index (χ2v) is 9.86. The van der Waals surface area contributed by atoms with Gasteiger partial charge in [-0.25, -0.2) is 24.4 Å². The Morgan fingerprint density at radius 1 is 1.42 bits per heavy atom. The number of amides is 2. The van der Waals surface area contributed by atoms with Crippen LogP contribution in [0.25, 0.3) is 0 Å². The van der Waals surface area contributed by atoms with Crippen LogP contribution in [0, 0.1) is 17.7 Å². The van der Waals surface area contributed by atoms with Crippen molar-refractivity contribution in [2.75, 3.05) is 24.7 Å². The molecule has 0 radical (unpaired) electrons. The summed E-state index contributed by atoms with van der Waals surface area (Å²) in [6, 6.07) is 0. The Morgan fingerprint density at radius 2 is 2.18 bits per heavy atom. The third kappa shape index (κ3) is 7.08. The summed E-state index contributed by atoms with van der Waals surface area (Å²) in [7, 11) is 1.73. The number of hydroxylamine groups is 2. The molecule has 1 aliphatic rings. The molecule has 1 atom stereocenters. The maximum Gasteiger partial charge on any atom is 0.233 e. The minimum Gasteiger partial charge on any atom is -0.350 e. The Kier molecular flexibility index (Phi) is 9.39. The lowest BCUT2D eigenvalue weighted by Crippen LogP contribution is -2.38. The zero-order valence-electron chi connectivity index (χ0n) is 18.7. The molecule has 2 N–H and O–H groups in total. The summed E-state index contributed by atoms with van der Waals surface area (Å²) in [5.74, 6) is -1.01. The highest BCUT2D eigenvalue weighted by Crippen LogP contribution is 2.31. The van der Waals surface area contributed by atoms with Gasteiger partial charge in [-0.15, -0.1) is 11.3 Å². The molecule has 3 rings (SSSR count). The molecule has 0 spiro atoms. The van der Waals surface area contributed by atoms with Gasteiger partial charge < -0.3 is 10.2 Å². The van der Waals surface area contributed by atoms with E-state index >= 15 is 4.39 Å². The van der Waals surface area contributed by atoms with Crippen LogP contribution in [-0.4, -0.2) is 57.4 Å². The number of thioether (sulfide) groups is 1. The van der Waals surface area contributed by atoms with E-state index in [4.69, 9.17) is 0 Å². The van der Waals surface area contributed by atoms with Crippen molar-refractivity contribution >= 4 is 41.2 Å². The van der Waals surface area contributed by atoms with Gasteiger partial charge in [0.1, 0.15) is 10.7 Å². The highest BCUT2D eigenvalue weighted by Gasteiger charge is 2.27. The summed E-state index contributed by atoms with van der Waals surface area (Å²) in [6.45, 7) is 0.176. The lowest BCUT2D eigenvalue weighted by Gasteiger charge is -2.23. The molecule has 0 aliphatic heterocycles. The van der Waals surface area contributed by atoms with E-state index in [2.05, 4.69) is 20.3 Å². The molecule has 12 heteroatoms. The van der Waals surface area contributed by atoms with Crippen LogP contribution in [0.15, 0.2) is 16.7 Å². The number of hydrogen-bond acceptors (Lipinski definition) is 9. The van der Waals surface area contributed by atoms with Gasteiger partial charge in [-0.2, -0.15) is 0 Å². The number of carbonyl (C=O) groups excluding carboxylic acids is 2. The van der Waals surface area contributed by atoms with Crippen LogP contribution in [0.4, 0.5) is 10.2 Å². The molecule has 180 valence electrons. The van der Waals surface area contributed by atoms with E-state index in [9.17, 15) is 14.8 Å². The normalized spacial score (nSPS) is 14.8. The minimum absolute atomic E-state index is 0.0829. The predicted octanol–water partition coefficient (Wildman–Crippen LogP) is 3.09. The summed E-state index contributed by atoms with van der Waals surface area (Å²) in [6.07, 6.45) is 8.65. The zero-order valence-corrected chi connectivity index (χ0v) is 20.4. The Labute approximate surface area is 200 Å². The molecule has 0 unspecified atom stereocenters. The summed E-state index contributed by atoms with van der Waals surface area (Å²) in [4.78, 5) is 38.2. The summed E-state index contributed by atoms with van der Waals surface area (Å²) in [5.41, 5.74) is 0.0829. The van der Waals surface area contributed by atoms with Gasteiger partial charge in [-0.1, -0.05) is 37.4 Å². The molecule has 1 saturated carbocycles. The monoisotopic (exact) mass is 496 g/mol. The third-order valence-electron chi connectivity index (χ3n) is 5.70. The van der Waals surface area contributed by atoms with Crippen LogP contribution < -0.4 is 10.2 Å². The van der Waals surface area contributed by atoms with Crippen LogP contribution in [0.1, 0.15) is 42.8 Å². The molecule has 0 aromatic carbocycles. The van der Waals surface area contributed by atoms with Crippen molar-refractivity contribution in [3.63, 3.8) is 0 Å². The molecular formula is C21H29FN6O3S2. The van der Waals surface area contributed by atoms with E-state index in [1.54, 1.807) is 24.4 Å². The van der Waals surface area contributed by atoms with Crippen LogP contribution in [0.5, 0.6) is 0 Å². The molecule has 2 aromatic heterocycles. The smallest absolute Gasteiger partial charge is 0.233 e. The third-order valence-corrected chi connectivity index (χ3v) is 7.02. The Bertz CT molecular complexity index is 927. The lowest BCUT2D eigenvalue weighted by molar-refractivity contribution is -0.155. The Balaban J connectivity index is 1.72. The zero-order chi connectivity index (χ0) is 23.8. The van der Waals surface area contributed by atoms with Gasteiger partial charge in [-0.05, 0) is 18.6 Å². The lowest BCUT2D eigenvalue weighted by atomic mass is 9.92. The Hall–Kier alpha value is -2.31. The molecule has 1 aliphatic carbocycles. The number of rotatable bonds is 12. The van der Waals surface area contributed by atoms with Gasteiger partial charge in [0, 0.05) is 18.6 Å². The number of halogens is 1. The van der Waals surface area contributed by atoms with Gasteiger partial charge in [0.15, 0.2) is 16.8 Å². The minimum atomic E-state index is -0.601. The molecular weight excluding hydrogens is 467 g/mol. The fourth-order valence-electron chi connectivity index (χ4n) is 4.03. The van der Waals surface area contributed by atoms with Gasteiger partial charge in [-0.3, -0.25) is 14.8 Å². The van der Waals surface area contributed by atoms with Crippen molar-refractivity contribution in [3.05, 3.63) is 28.1 Å². The number of thiazole rings is 1. The largest absolute Gasteiger partial charge is 0.350 e. The van der Waals surface area contributed by atoms with E-state index in [0.29, 0.717) is 29.1 Å². The molecule has 2 heterocycles. The summed E-state index contributed by atoms with van der Waals surface area (Å²) < 4.78 is 15.3. The quantitative estimate of drug-likeness (QED) is 0.152. The van der Waals surface area contributed by atoms with Crippen molar-refractivity contribution in [1.29, 1.82) is 0 Å². The van der Waals surface area contributed by atoms with Crippen LogP contribution >= 0.6 is 23.1 Å². The number of anilines is 1. The van der Waals surface area contributed by atoms with Crippen LogP contribution in [-0.2, 0) is 22.7 Å². The van der Waals surface area contributed by atoms with E-state index in [1.165, 1.54) is 23.1 Å². The fraction of sp³-hybridized carbons (Fsp3) is 0.571. The molecule has 0 bridgehead atoms. The van der Waals surface area contributed by atoms with Crippen molar-refractivity contribution in [1.82, 2.24) is 25.3 Å². The predicted molar refractivity (Wildman–Crippen MR) is 124 cm³/mol. The number of carbonyl (C=O) groups is 2. The van der Waals surface area contributed by atoms with Gasteiger partial charge in [0.2, 0.25) is 12.3 Å². The van der Waals surface area contributed by atoms with Crippen molar-refractivity contribution in [2.45, 2.75) is 50.4 Å². The maximum atomic E-state index is 15.3. The van der Waals surface area contributed by atoms with E-state index in [-0.39, 0.29) is 36.9 Å². The molecule has 2 amide bonds. The molecule has 33 heavy (non-hydrogen) atoms. The first kappa shape index (κ1) is 25.3. The number of aromatic nitrogens is 3. The fourth-order valence-corrected chi connectivity index (χ4v) is 5.07. The molecule has 0 saturated heterocycles. The standard InChI is InChI=1S/C21H29FN6O3S2/c1-27(12-17-23-7-8-33-17)19-18(22)16(25-21(26-19)32-2)10-24-20(30)15(11-28(31)13-29)9-14-5-3-4-6-14/h7-8,13-15,31H,3-6,9-12H2,1-2H3,(H,24,30)/t15-/m1/s1. The van der Waals surface area contributed by atoms with Gasteiger partial charge in [0.05, 0.1) is 25.6 Å². The van der Waals surface area contributed by atoms with Crippen LogP contribution in [0.2, 0.25) is 0 Å². The molecule has 1 fully saturated rings.